The van der Waals surface area contributed by atoms with Gasteiger partial charge in [0.05, 0.1) is 0 Å². The Morgan fingerprint density at radius 2 is 2.00 bits per heavy atom. The lowest BCUT2D eigenvalue weighted by molar-refractivity contribution is 0.0767. The number of carbonyl (C=O) groups excluding carboxylic acids is 1. The Labute approximate surface area is 185 Å². The molecule has 1 saturated heterocycles. The summed E-state index contributed by atoms with van der Waals surface area (Å²) in [5.41, 5.74) is 1.96. The number of amides is 1. The van der Waals surface area contributed by atoms with Crippen molar-refractivity contribution in [3.05, 3.63) is 75.3 Å². The second-order valence-corrected chi connectivity index (χ2v) is 7.92. The summed E-state index contributed by atoms with van der Waals surface area (Å²) < 4.78 is 0. The summed E-state index contributed by atoms with van der Waals surface area (Å²) in [5.74, 6) is 1.37. The number of hydrogen-bond acceptors (Lipinski definition) is 5. The highest BCUT2D eigenvalue weighted by Gasteiger charge is 2.21. The SMILES string of the molecule is CCc1cc(=O)[nH]c(-c2ccc(N3CCCN(C(=O)c4cccc(Cl)c4)CC3)nc2)n1. The zero-order valence-corrected chi connectivity index (χ0v) is 18.1. The third-order valence-electron chi connectivity index (χ3n) is 5.36. The van der Waals surface area contributed by atoms with Gasteiger partial charge in [-0.1, -0.05) is 24.6 Å². The quantitative estimate of drug-likeness (QED) is 0.676. The van der Waals surface area contributed by atoms with E-state index in [1.165, 1.54) is 6.07 Å². The van der Waals surface area contributed by atoms with Crippen LogP contribution in [0.3, 0.4) is 0 Å². The van der Waals surface area contributed by atoms with Gasteiger partial charge in [0.1, 0.15) is 11.6 Å². The van der Waals surface area contributed by atoms with Crippen molar-refractivity contribution in [2.45, 2.75) is 19.8 Å². The highest BCUT2D eigenvalue weighted by molar-refractivity contribution is 6.30. The fourth-order valence-corrected chi connectivity index (χ4v) is 3.88. The number of H-pyrrole nitrogens is 1. The van der Waals surface area contributed by atoms with E-state index >= 15 is 0 Å². The molecule has 1 amide bonds. The highest BCUT2D eigenvalue weighted by atomic mass is 35.5. The second kappa shape index (κ2) is 9.31. The van der Waals surface area contributed by atoms with E-state index in [2.05, 4.69) is 19.9 Å². The summed E-state index contributed by atoms with van der Waals surface area (Å²) in [6.45, 7) is 4.77. The van der Waals surface area contributed by atoms with Gasteiger partial charge in [-0.25, -0.2) is 9.97 Å². The minimum atomic E-state index is -0.164. The molecule has 0 radical (unpaired) electrons. The lowest BCUT2D eigenvalue weighted by Crippen LogP contribution is -2.35. The topological polar surface area (TPSA) is 82.2 Å². The zero-order chi connectivity index (χ0) is 21.8. The molecule has 1 fully saturated rings. The van der Waals surface area contributed by atoms with Gasteiger partial charge < -0.3 is 14.8 Å². The number of pyridine rings is 1. The highest BCUT2D eigenvalue weighted by Crippen LogP contribution is 2.20. The van der Waals surface area contributed by atoms with Crippen molar-refractivity contribution in [2.75, 3.05) is 31.1 Å². The molecule has 7 nitrogen and oxygen atoms in total. The number of aromatic amines is 1. The second-order valence-electron chi connectivity index (χ2n) is 7.49. The van der Waals surface area contributed by atoms with Gasteiger partial charge in [0.25, 0.3) is 11.5 Å². The molecule has 0 bridgehead atoms. The first-order valence-corrected chi connectivity index (χ1v) is 10.8. The molecule has 3 aromatic rings. The maximum Gasteiger partial charge on any atom is 0.253 e. The summed E-state index contributed by atoms with van der Waals surface area (Å²) in [5, 5.41) is 0.562. The summed E-state index contributed by atoms with van der Waals surface area (Å²) in [6, 6.07) is 12.4. The molecule has 31 heavy (non-hydrogen) atoms. The molecule has 1 aromatic carbocycles. The molecule has 3 heterocycles. The molecule has 1 aliphatic rings. The number of carbonyl (C=O) groups is 1. The minimum absolute atomic E-state index is 0.00140. The summed E-state index contributed by atoms with van der Waals surface area (Å²) in [7, 11) is 0. The molecular formula is C23H24ClN5O2. The lowest BCUT2D eigenvalue weighted by Gasteiger charge is -2.23. The van der Waals surface area contributed by atoms with E-state index in [4.69, 9.17) is 11.6 Å². The van der Waals surface area contributed by atoms with Crippen molar-refractivity contribution < 1.29 is 4.79 Å². The van der Waals surface area contributed by atoms with Gasteiger partial charge in [-0.3, -0.25) is 9.59 Å². The van der Waals surface area contributed by atoms with Crippen LogP contribution in [0, 0.1) is 0 Å². The molecular weight excluding hydrogens is 414 g/mol. The molecule has 0 aliphatic carbocycles. The predicted octanol–water partition coefficient (Wildman–Crippen LogP) is 3.40. The van der Waals surface area contributed by atoms with Crippen LogP contribution in [-0.4, -0.2) is 51.9 Å². The van der Waals surface area contributed by atoms with Gasteiger partial charge >= 0.3 is 0 Å². The molecule has 0 spiro atoms. The van der Waals surface area contributed by atoms with Crippen LogP contribution in [0.2, 0.25) is 5.02 Å². The van der Waals surface area contributed by atoms with Crippen molar-refractivity contribution in [3.63, 3.8) is 0 Å². The largest absolute Gasteiger partial charge is 0.355 e. The molecule has 8 heteroatoms. The first-order valence-electron chi connectivity index (χ1n) is 10.4. The van der Waals surface area contributed by atoms with Crippen LogP contribution in [0.25, 0.3) is 11.4 Å². The third kappa shape index (κ3) is 4.94. The monoisotopic (exact) mass is 437 g/mol. The fourth-order valence-electron chi connectivity index (χ4n) is 3.69. The van der Waals surface area contributed by atoms with Crippen LogP contribution in [0.1, 0.15) is 29.4 Å². The number of hydrogen-bond donors (Lipinski definition) is 1. The molecule has 0 saturated carbocycles. The van der Waals surface area contributed by atoms with E-state index in [0.717, 1.165) is 30.0 Å². The van der Waals surface area contributed by atoms with E-state index in [-0.39, 0.29) is 11.5 Å². The minimum Gasteiger partial charge on any atom is -0.355 e. The number of aryl methyl sites for hydroxylation is 1. The molecule has 0 atom stereocenters. The van der Waals surface area contributed by atoms with Gasteiger partial charge in [0, 0.05) is 60.3 Å². The van der Waals surface area contributed by atoms with Gasteiger partial charge in [-0.15, -0.1) is 0 Å². The smallest absolute Gasteiger partial charge is 0.253 e. The number of rotatable bonds is 4. The fraction of sp³-hybridized carbons (Fsp3) is 0.304. The number of nitrogens with zero attached hydrogens (tertiary/aromatic N) is 4. The Balaban J connectivity index is 1.45. The van der Waals surface area contributed by atoms with Crippen molar-refractivity contribution in [1.29, 1.82) is 0 Å². The van der Waals surface area contributed by atoms with E-state index in [0.29, 0.717) is 42.5 Å². The molecule has 1 aliphatic heterocycles. The van der Waals surface area contributed by atoms with E-state index < -0.39 is 0 Å². The zero-order valence-electron chi connectivity index (χ0n) is 17.3. The Morgan fingerprint density at radius 1 is 1.13 bits per heavy atom. The van der Waals surface area contributed by atoms with Crippen molar-refractivity contribution >= 4 is 23.3 Å². The average molecular weight is 438 g/mol. The maximum atomic E-state index is 12.8. The average Bonchev–Trinajstić information content (AvgIpc) is 3.04. The van der Waals surface area contributed by atoms with Gasteiger partial charge in [-0.2, -0.15) is 0 Å². The van der Waals surface area contributed by atoms with E-state index in [1.807, 2.05) is 24.0 Å². The first-order chi connectivity index (χ1) is 15.0. The van der Waals surface area contributed by atoms with Crippen molar-refractivity contribution in [1.82, 2.24) is 19.9 Å². The van der Waals surface area contributed by atoms with E-state index in [1.54, 1.807) is 30.5 Å². The molecule has 2 aromatic heterocycles. The Bertz CT molecular complexity index is 1130. The Kier molecular flexibility index (Phi) is 6.32. The number of aromatic nitrogens is 3. The molecule has 1 N–H and O–H groups in total. The van der Waals surface area contributed by atoms with Gasteiger partial charge in [0.2, 0.25) is 0 Å². The number of anilines is 1. The van der Waals surface area contributed by atoms with E-state index in [9.17, 15) is 9.59 Å². The van der Waals surface area contributed by atoms with Crippen molar-refractivity contribution in [3.8, 4) is 11.4 Å². The summed E-state index contributed by atoms with van der Waals surface area (Å²) in [6.07, 6.45) is 3.27. The molecule has 4 rings (SSSR count). The number of benzene rings is 1. The first kappa shape index (κ1) is 21.1. The van der Waals surface area contributed by atoms with Crippen LogP contribution in [0.4, 0.5) is 5.82 Å². The van der Waals surface area contributed by atoms with Gasteiger partial charge in [-0.05, 0) is 43.2 Å². The van der Waals surface area contributed by atoms with Gasteiger partial charge in [0.15, 0.2) is 0 Å². The molecule has 160 valence electrons. The lowest BCUT2D eigenvalue weighted by atomic mass is 10.2. The summed E-state index contributed by atoms with van der Waals surface area (Å²) >= 11 is 6.03. The number of halogens is 1. The maximum absolute atomic E-state index is 12.8. The Morgan fingerprint density at radius 3 is 2.74 bits per heavy atom. The predicted molar refractivity (Wildman–Crippen MR) is 122 cm³/mol. The molecule has 0 unspecified atom stereocenters. The summed E-state index contributed by atoms with van der Waals surface area (Å²) in [4.78, 5) is 40.5. The normalized spacial score (nSPS) is 14.4. The van der Waals surface area contributed by atoms with Crippen LogP contribution in [-0.2, 0) is 6.42 Å². The van der Waals surface area contributed by atoms with Crippen LogP contribution in [0.15, 0.2) is 53.5 Å². The Hall–Kier alpha value is -3.19. The number of nitrogens with one attached hydrogen (secondary N) is 1. The van der Waals surface area contributed by atoms with Crippen molar-refractivity contribution in [2.24, 2.45) is 0 Å². The van der Waals surface area contributed by atoms with Crippen LogP contribution in [0.5, 0.6) is 0 Å². The van der Waals surface area contributed by atoms with Crippen LogP contribution < -0.4 is 10.5 Å². The third-order valence-corrected chi connectivity index (χ3v) is 5.59. The van der Waals surface area contributed by atoms with Crippen LogP contribution >= 0.6 is 11.6 Å². The standard InChI is InChI=1S/C23H24ClN5O2/c1-2-19-14-21(30)27-22(26-19)17-7-8-20(25-15-17)28-9-4-10-29(12-11-28)23(31)16-5-3-6-18(24)13-16/h3,5-8,13-15H,2,4,9-12H2,1H3,(H,26,27,30).